The van der Waals surface area contributed by atoms with Gasteiger partial charge in [-0.05, 0) is 48.7 Å². The minimum absolute atomic E-state index is 0.0672. The van der Waals surface area contributed by atoms with Crippen LogP contribution in [-0.2, 0) is 20.9 Å². The van der Waals surface area contributed by atoms with Crippen LogP contribution in [0.2, 0.25) is 5.02 Å². The summed E-state index contributed by atoms with van der Waals surface area (Å²) in [6.45, 7) is 3.80. The van der Waals surface area contributed by atoms with Gasteiger partial charge in [-0.2, -0.15) is 5.26 Å². The highest BCUT2D eigenvalue weighted by Gasteiger charge is 2.36. The van der Waals surface area contributed by atoms with Gasteiger partial charge in [0.05, 0.1) is 33.9 Å². The first-order valence-corrected chi connectivity index (χ1v) is 13.3. The molecule has 1 atom stereocenters. The van der Waals surface area contributed by atoms with Gasteiger partial charge in [0, 0.05) is 16.4 Å². The number of dihydropyridines is 1. The number of anilines is 1. The summed E-state index contributed by atoms with van der Waals surface area (Å²) in [7, 11) is 0. The fraction of sp³-hybridized carbons (Fsp3) is 0.167. The van der Waals surface area contributed by atoms with Crippen LogP contribution in [0.4, 0.5) is 5.69 Å². The third-order valence-electron chi connectivity index (χ3n) is 5.95. The third kappa shape index (κ3) is 6.46. The maximum atomic E-state index is 13.4. The first-order valence-electron chi connectivity index (χ1n) is 11.9. The highest BCUT2D eigenvalue weighted by Crippen LogP contribution is 2.43. The second-order valence-corrected chi connectivity index (χ2v) is 10.1. The van der Waals surface area contributed by atoms with Crippen molar-refractivity contribution in [1.29, 1.82) is 5.26 Å². The summed E-state index contributed by atoms with van der Waals surface area (Å²) in [5.41, 5.74) is 4.34. The zero-order valence-corrected chi connectivity index (χ0v) is 22.5. The van der Waals surface area contributed by atoms with Gasteiger partial charge >= 0.3 is 5.97 Å². The first-order chi connectivity index (χ1) is 18.4. The van der Waals surface area contributed by atoms with Gasteiger partial charge in [0.15, 0.2) is 0 Å². The Morgan fingerprint density at radius 2 is 1.79 bits per heavy atom. The summed E-state index contributed by atoms with van der Waals surface area (Å²) in [5, 5.41) is 17.2. The van der Waals surface area contributed by atoms with Crippen molar-refractivity contribution in [2.45, 2.75) is 26.4 Å². The molecule has 8 heteroatoms. The topological polar surface area (TPSA) is 91.2 Å². The number of hydrogen-bond donors (Lipinski definition) is 2. The number of ether oxygens (including phenoxy) is 1. The molecule has 0 aliphatic carbocycles. The molecule has 0 saturated heterocycles. The van der Waals surface area contributed by atoms with E-state index in [1.165, 1.54) is 11.8 Å². The van der Waals surface area contributed by atoms with Crippen molar-refractivity contribution < 1.29 is 14.3 Å². The average molecular weight is 544 g/mol. The van der Waals surface area contributed by atoms with Crippen LogP contribution in [0.1, 0.15) is 29.5 Å². The van der Waals surface area contributed by atoms with E-state index in [2.05, 4.69) is 16.7 Å². The van der Waals surface area contributed by atoms with E-state index in [0.29, 0.717) is 38.1 Å². The summed E-state index contributed by atoms with van der Waals surface area (Å²) < 4.78 is 5.65. The molecular formula is C30H26ClN3O3S. The first kappa shape index (κ1) is 27.1. The summed E-state index contributed by atoms with van der Waals surface area (Å²) in [5.74, 6) is -1.44. The van der Waals surface area contributed by atoms with E-state index in [1.54, 1.807) is 25.1 Å². The maximum Gasteiger partial charge on any atom is 0.337 e. The van der Waals surface area contributed by atoms with Crippen molar-refractivity contribution in [2.75, 3.05) is 11.1 Å². The van der Waals surface area contributed by atoms with E-state index in [1.807, 2.05) is 67.6 Å². The molecule has 1 aliphatic heterocycles. The van der Waals surface area contributed by atoms with Crippen molar-refractivity contribution in [1.82, 2.24) is 5.32 Å². The Morgan fingerprint density at radius 3 is 2.50 bits per heavy atom. The number of nitrogens with zero attached hydrogens (tertiary/aromatic N) is 1. The van der Waals surface area contributed by atoms with Gasteiger partial charge in [-0.25, -0.2) is 4.79 Å². The number of carbonyl (C=O) groups excluding carboxylic acids is 2. The lowest BCUT2D eigenvalue weighted by Crippen LogP contribution is -2.29. The van der Waals surface area contributed by atoms with Crippen molar-refractivity contribution in [3.05, 3.63) is 122 Å². The quantitative estimate of drug-likeness (QED) is 0.317. The monoisotopic (exact) mass is 543 g/mol. The number of allylic oxidation sites excluding steroid dienone is 2. The molecule has 1 heterocycles. The molecule has 0 fully saturated rings. The standard InChI is InChI=1S/C30H26ClN3O3S/c1-19-9-8-12-22(15-19)34-26(35)18-38-29-24(16-32)28(23-13-6-7-14-25(23)31)27(20(2)33-29)30(36)37-17-21-10-4-3-5-11-21/h3-15,28,33H,17-18H2,1-2H3,(H,34,35)/t28-/m1/s1. The predicted octanol–water partition coefficient (Wildman–Crippen LogP) is 6.46. The Balaban J connectivity index is 1.60. The van der Waals surface area contributed by atoms with Gasteiger partial charge < -0.3 is 15.4 Å². The summed E-state index contributed by atoms with van der Waals surface area (Å²) >= 11 is 7.75. The van der Waals surface area contributed by atoms with Crippen molar-refractivity contribution in [3.63, 3.8) is 0 Å². The van der Waals surface area contributed by atoms with E-state index in [0.717, 1.165) is 11.1 Å². The highest BCUT2D eigenvalue weighted by atomic mass is 35.5. The summed E-state index contributed by atoms with van der Waals surface area (Å²) in [6, 6.07) is 26.3. The second-order valence-electron chi connectivity index (χ2n) is 8.74. The van der Waals surface area contributed by atoms with Crippen LogP contribution in [0.5, 0.6) is 0 Å². The smallest absolute Gasteiger partial charge is 0.337 e. The zero-order chi connectivity index (χ0) is 27.1. The Morgan fingerprint density at radius 1 is 1.05 bits per heavy atom. The summed E-state index contributed by atoms with van der Waals surface area (Å²) in [6.07, 6.45) is 0. The molecule has 1 amide bonds. The maximum absolute atomic E-state index is 13.4. The molecule has 0 saturated carbocycles. The molecule has 0 spiro atoms. The highest BCUT2D eigenvalue weighted by molar-refractivity contribution is 8.03. The SMILES string of the molecule is CC1=C(C(=O)OCc2ccccc2)[C@H](c2ccccc2Cl)C(C#N)=C(SCC(=O)Nc2cccc(C)c2)N1. The Labute approximate surface area is 231 Å². The molecule has 2 N–H and O–H groups in total. The lowest BCUT2D eigenvalue weighted by atomic mass is 9.82. The summed E-state index contributed by atoms with van der Waals surface area (Å²) in [4.78, 5) is 26.0. The molecule has 6 nitrogen and oxygen atoms in total. The lowest BCUT2D eigenvalue weighted by Gasteiger charge is -2.29. The molecule has 192 valence electrons. The zero-order valence-electron chi connectivity index (χ0n) is 21.0. The number of aryl methyl sites for hydroxylation is 1. The number of nitriles is 1. The van der Waals surface area contributed by atoms with Gasteiger partial charge in [-0.15, -0.1) is 0 Å². The van der Waals surface area contributed by atoms with E-state index in [9.17, 15) is 14.9 Å². The molecule has 0 bridgehead atoms. The number of thioether (sulfide) groups is 1. The van der Waals surface area contributed by atoms with Gasteiger partial charge in [-0.1, -0.05) is 84.0 Å². The van der Waals surface area contributed by atoms with E-state index < -0.39 is 11.9 Å². The van der Waals surface area contributed by atoms with E-state index in [4.69, 9.17) is 16.3 Å². The number of esters is 1. The van der Waals surface area contributed by atoms with Crippen molar-refractivity contribution in [3.8, 4) is 6.07 Å². The van der Waals surface area contributed by atoms with Crippen molar-refractivity contribution in [2.24, 2.45) is 0 Å². The van der Waals surface area contributed by atoms with Gasteiger partial charge in [0.2, 0.25) is 5.91 Å². The molecule has 0 unspecified atom stereocenters. The molecule has 3 aromatic carbocycles. The van der Waals surface area contributed by atoms with Crippen LogP contribution in [-0.4, -0.2) is 17.6 Å². The fourth-order valence-corrected chi connectivity index (χ4v) is 5.31. The predicted molar refractivity (Wildman–Crippen MR) is 151 cm³/mol. The van der Waals surface area contributed by atoms with E-state index >= 15 is 0 Å². The number of hydrogen-bond acceptors (Lipinski definition) is 6. The molecule has 0 radical (unpaired) electrons. The average Bonchev–Trinajstić information content (AvgIpc) is 2.91. The lowest BCUT2D eigenvalue weighted by molar-refractivity contribution is -0.140. The minimum Gasteiger partial charge on any atom is -0.457 e. The fourth-order valence-electron chi connectivity index (χ4n) is 4.18. The van der Waals surface area contributed by atoms with Crippen LogP contribution in [0, 0.1) is 18.3 Å². The van der Waals surface area contributed by atoms with Crippen LogP contribution < -0.4 is 10.6 Å². The number of nitrogens with one attached hydrogen (secondary N) is 2. The molecule has 3 aromatic rings. The minimum atomic E-state index is -0.749. The number of amides is 1. The molecule has 38 heavy (non-hydrogen) atoms. The normalized spacial score (nSPS) is 14.9. The molecule has 0 aromatic heterocycles. The van der Waals surface area contributed by atoms with Gasteiger partial charge in [-0.3, -0.25) is 4.79 Å². The van der Waals surface area contributed by atoms with Crippen molar-refractivity contribution >= 4 is 40.9 Å². The largest absolute Gasteiger partial charge is 0.457 e. The van der Waals surface area contributed by atoms with Gasteiger partial charge in [0.1, 0.15) is 6.61 Å². The van der Waals surface area contributed by atoms with E-state index in [-0.39, 0.29) is 18.3 Å². The Hall–Kier alpha value is -3.99. The molecule has 4 rings (SSSR count). The number of halogens is 1. The van der Waals surface area contributed by atoms with Crippen LogP contribution >= 0.6 is 23.4 Å². The number of benzene rings is 3. The Bertz CT molecular complexity index is 1460. The van der Waals surface area contributed by atoms with Crippen LogP contribution in [0.25, 0.3) is 0 Å². The van der Waals surface area contributed by atoms with Crippen LogP contribution in [0.3, 0.4) is 0 Å². The number of rotatable bonds is 8. The van der Waals surface area contributed by atoms with Gasteiger partial charge in [0.25, 0.3) is 0 Å². The Kier molecular flexibility index (Phi) is 8.90. The second kappa shape index (κ2) is 12.5. The molecular weight excluding hydrogens is 518 g/mol. The molecule has 1 aliphatic rings. The number of carbonyl (C=O) groups is 2. The van der Waals surface area contributed by atoms with Crippen LogP contribution in [0.15, 0.2) is 101 Å². The third-order valence-corrected chi connectivity index (χ3v) is 7.31.